The molecule has 0 N–H and O–H groups in total. The van der Waals surface area contributed by atoms with E-state index >= 15 is 0 Å². The van der Waals surface area contributed by atoms with Gasteiger partial charge in [-0.25, -0.2) is 0 Å². The number of hydrogen-bond acceptors (Lipinski definition) is 2. The van der Waals surface area contributed by atoms with Gasteiger partial charge in [0.05, 0.1) is 25.1 Å². The first-order valence-corrected chi connectivity index (χ1v) is 10.3. The van der Waals surface area contributed by atoms with Crippen LogP contribution in [0.25, 0.3) is 0 Å². The lowest BCUT2D eigenvalue weighted by Gasteiger charge is -2.54. The van der Waals surface area contributed by atoms with Crippen LogP contribution < -0.4 is 0 Å². The lowest BCUT2D eigenvalue weighted by molar-refractivity contribution is -0.101. The molecule has 0 aromatic rings. The summed E-state index contributed by atoms with van der Waals surface area (Å²) in [6.45, 7) is 7.90. The van der Waals surface area contributed by atoms with Crippen LogP contribution in [0.15, 0.2) is 35.1 Å². The van der Waals surface area contributed by atoms with E-state index in [1.165, 1.54) is 49.9 Å². The molecule has 1 aliphatic heterocycles. The van der Waals surface area contributed by atoms with Crippen LogP contribution in [-0.2, 0) is 9.47 Å². The van der Waals surface area contributed by atoms with Crippen molar-refractivity contribution >= 4 is 0 Å². The first kappa shape index (κ1) is 16.2. The van der Waals surface area contributed by atoms with Crippen LogP contribution in [0.2, 0.25) is 0 Å². The Morgan fingerprint density at radius 3 is 2.84 bits per heavy atom. The van der Waals surface area contributed by atoms with E-state index in [2.05, 4.69) is 19.6 Å². The quantitative estimate of drug-likeness (QED) is 0.582. The summed E-state index contributed by atoms with van der Waals surface area (Å²) >= 11 is 0. The van der Waals surface area contributed by atoms with E-state index in [9.17, 15) is 0 Å². The molecule has 0 radical (unpaired) electrons. The van der Waals surface area contributed by atoms with Crippen LogP contribution in [-0.4, -0.2) is 19.3 Å². The molecule has 25 heavy (non-hydrogen) atoms. The topological polar surface area (TPSA) is 18.5 Å². The third-order valence-electron chi connectivity index (χ3n) is 8.76. The molecule has 2 nitrogen and oxygen atoms in total. The Hall–Kier alpha value is -1.02. The molecule has 136 valence electrons. The van der Waals surface area contributed by atoms with Crippen molar-refractivity contribution in [1.29, 1.82) is 0 Å². The van der Waals surface area contributed by atoms with Crippen molar-refractivity contribution < 1.29 is 9.47 Å². The summed E-state index contributed by atoms with van der Waals surface area (Å²) in [6, 6.07) is 0. The lowest BCUT2D eigenvalue weighted by atomic mass is 9.52. The second kappa shape index (κ2) is 5.49. The highest BCUT2D eigenvalue weighted by atomic mass is 16.5. The average Bonchev–Trinajstić information content (AvgIpc) is 3.16. The van der Waals surface area contributed by atoms with E-state index < -0.39 is 0 Å². The van der Waals surface area contributed by atoms with Gasteiger partial charge in [0.25, 0.3) is 0 Å². The molecule has 0 amide bonds. The second-order valence-corrected chi connectivity index (χ2v) is 9.32. The molecule has 0 unspecified atom stereocenters. The fraction of sp³-hybridized carbons (Fsp3) is 0.739. The molecule has 2 saturated carbocycles. The first-order chi connectivity index (χ1) is 12.1. The van der Waals surface area contributed by atoms with Gasteiger partial charge in [-0.15, -0.1) is 0 Å². The fourth-order valence-corrected chi connectivity index (χ4v) is 7.51. The van der Waals surface area contributed by atoms with Gasteiger partial charge in [0, 0.05) is 11.8 Å². The van der Waals surface area contributed by atoms with E-state index in [1.807, 2.05) is 7.11 Å². The summed E-state index contributed by atoms with van der Waals surface area (Å²) in [5.41, 5.74) is 5.22. The summed E-state index contributed by atoms with van der Waals surface area (Å²) in [5.74, 6) is 3.70. The Morgan fingerprint density at radius 1 is 1.20 bits per heavy atom. The van der Waals surface area contributed by atoms with Crippen molar-refractivity contribution in [2.24, 2.45) is 23.2 Å². The van der Waals surface area contributed by atoms with Crippen molar-refractivity contribution in [3.63, 3.8) is 0 Å². The average molecular weight is 341 g/mol. The summed E-state index contributed by atoms with van der Waals surface area (Å²) in [7, 11) is 1.82. The van der Waals surface area contributed by atoms with Crippen LogP contribution >= 0.6 is 0 Å². The summed E-state index contributed by atoms with van der Waals surface area (Å²) in [5, 5.41) is 0. The fourth-order valence-electron chi connectivity index (χ4n) is 7.51. The van der Waals surface area contributed by atoms with Crippen LogP contribution in [0.3, 0.4) is 0 Å². The van der Waals surface area contributed by atoms with E-state index in [-0.39, 0.29) is 5.60 Å². The van der Waals surface area contributed by atoms with E-state index in [4.69, 9.17) is 9.47 Å². The zero-order valence-corrected chi connectivity index (χ0v) is 15.9. The molecule has 2 heteroatoms. The minimum atomic E-state index is 0.00693. The van der Waals surface area contributed by atoms with Crippen molar-refractivity contribution in [2.75, 3.05) is 13.7 Å². The number of allylic oxidation sites excluding steroid dienone is 3. The number of hydrogen-bond donors (Lipinski definition) is 0. The molecule has 1 spiro atoms. The highest BCUT2D eigenvalue weighted by molar-refractivity contribution is 5.35. The van der Waals surface area contributed by atoms with E-state index in [1.54, 1.807) is 11.1 Å². The van der Waals surface area contributed by atoms with Crippen molar-refractivity contribution in [3.8, 4) is 0 Å². The van der Waals surface area contributed by atoms with E-state index in [0.29, 0.717) is 5.41 Å². The maximum atomic E-state index is 6.46. The van der Waals surface area contributed by atoms with Gasteiger partial charge in [0.2, 0.25) is 0 Å². The van der Waals surface area contributed by atoms with Gasteiger partial charge in [-0.05, 0) is 80.8 Å². The molecule has 1 saturated heterocycles. The SMILES string of the molecule is C=C1CCO[C@@]12CC[C@H]1[C@@H]3CCC4=C(CC=C(OC)C4)[C@H]3CC[C@@]12C. The summed E-state index contributed by atoms with van der Waals surface area (Å²) in [4.78, 5) is 0. The third-order valence-corrected chi connectivity index (χ3v) is 8.76. The van der Waals surface area contributed by atoms with Crippen molar-refractivity contribution in [3.05, 3.63) is 35.1 Å². The number of fused-ring (bicyclic) bond motifs is 5. The maximum absolute atomic E-state index is 6.46. The molecule has 1 heterocycles. The molecule has 5 atom stereocenters. The molecular formula is C23H32O2. The molecule has 3 fully saturated rings. The predicted octanol–water partition coefficient (Wildman–Crippen LogP) is 5.56. The minimum Gasteiger partial charge on any atom is -0.501 e. The van der Waals surface area contributed by atoms with Crippen LogP contribution in [0, 0.1) is 23.2 Å². The minimum absolute atomic E-state index is 0.00693. The Labute approximate surface area is 152 Å². The summed E-state index contributed by atoms with van der Waals surface area (Å²) < 4.78 is 12.0. The Kier molecular flexibility index (Phi) is 3.55. The maximum Gasteiger partial charge on any atom is 0.0959 e. The Bertz CT molecular complexity index is 672. The van der Waals surface area contributed by atoms with Crippen molar-refractivity contribution in [1.82, 2.24) is 0 Å². The highest BCUT2D eigenvalue weighted by Gasteiger charge is 2.64. The normalized spacial score (nSPS) is 45.9. The zero-order valence-electron chi connectivity index (χ0n) is 15.9. The molecule has 5 aliphatic rings. The number of ether oxygens (including phenoxy) is 2. The van der Waals surface area contributed by atoms with Gasteiger partial charge in [0.1, 0.15) is 0 Å². The van der Waals surface area contributed by atoms with Crippen LogP contribution in [0.5, 0.6) is 0 Å². The van der Waals surface area contributed by atoms with Gasteiger partial charge < -0.3 is 9.47 Å². The molecule has 0 bridgehead atoms. The monoisotopic (exact) mass is 340 g/mol. The Balaban J connectivity index is 1.45. The standard InChI is InChI=1S/C23H32O2/c1-15-10-13-25-23(15)12-9-21-20-6-4-16-14-17(24-3)5-7-18(16)19(20)8-11-22(21,23)2/h5,19-21H,1,4,6-14H2,2-3H3/t19-,20-,21+,22+,23+/m1/s1. The van der Waals surface area contributed by atoms with Gasteiger partial charge >= 0.3 is 0 Å². The molecule has 5 rings (SSSR count). The molecular weight excluding hydrogens is 308 g/mol. The van der Waals surface area contributed by atoms with E-state index in [0.717, 1.165) is 43.6 Å². The van der Waals surface area contributed by atoms with Crippen LogP contribution in [0.1, 0.15) is 64.7 Å². The van der Waals surface area contributed by atoms with Gasteiger partial charge in [0.15, 0.2) is 0 Å². The smallest absolute Gasteiger partial charge is 0.0959 e. The Morgan fingerprint density at radius 2 is 2.08 bits per heavy atom. The predicted molar refractivity (Wildman–Crippen MR) is 100 cm³/mol. The van der Waals surface area contributed by atoms with Gasteiger partial charge in [-0.3, -0.25) is 0 Å². The number of methoxy groups -OCH3 is 1. The third kappa shape index (κ3) is 2.01. The van der Waals surface area contributed by atoms with Gasteiger partial charge in [-0.1, -0.05) is 24.6 Å². The second-order valence-electron chi connectivity index (χ2n) is 9.32. The van der Waals surface area contributed by atoms with Gasteiger partial charge in [-0.2, -0.15) is 0 Å². The first-order valence-electron chi connectivity index (χ1n) is 10.3. The number of rotatable bonds is 1. The lowest BCUT2D eigenvalue weighted by Crippen LogP contribution is -2.51. The van der Waals surface area contributed by atoms with Crippen molar-refractivity contribution in [2.45, 2.75) is 70.3 Å². The molecule has 0 aromatic heterocycles. The van der Waals surface area contributed by atoms with Crippen LogP contribution in [0.4, 0.5) is 0 Å². The summed E-state index contributed by atoms with van der Waals surface area (Å²) in [6.07, 6.45) is 13.5. The largest absolute Gasteiger partial charge is 0.501 e. The zero-order chi connectivity index (χ0) is 17.2. The molecule has 4 aliphatic carbocycles. The highest BCUT2D eigenvalue weighted by Crippen LogP contribution is 2.68. The molecule has 0 aromatic carbocycles.